The van der Waals surface area contributed by atoms with Gasteiger partial charge >= 0.3 is 0 Å². The van der Waals surface area contributed by atoms with Gasteiger partial charge in [-0.15, -0.1) is 0 Å². The van der Waals surface area contributed by atoms with Crippen LogP contribution < -0.4 is 5.32 Å². The summed E-state index contributed by atoms with van der Waals surface area (Å²) in [4.78, 5) is 10.9. The molecule has 2 aromatic heterocycles. The van der Waals surface area contributed by atoms with E-state index in [0.29, 0.717) is 24.2 Å². The van der Waals surface area contributed by atoms with Gasteiger partial charge in [0, 0.05) is 12.4 Å². The third-order valence-electron chi connectivity index (χ3n) is 1.47. The van der Waals surface area contributed by atoms with E-state index >= 15 is 0 Å². The smallest absolute Gasteiger partial charge is 0.246 e. The first kappa shape index (κ1) is 7.78. The molecule has 0 aliphatic carbocycles. The maximum absolute atomic E-state index is 4.90. The highest BCUT2D eigenvalue weighted by molar-refractivity contribution is 5.22. The lowest BCUT2D eigenvalue weighted by molar-refractivity contribution is 0.379. The molecule has 0 fully saturated rings. The molecule has 68 valence electrons. The summed E-state index contributed by atoms with van der Waals surface area (Å²) in [5.41, 5.74) is 0. The molecule has 0 saturated heterocycles. The van der Waals surface area contributed by atoms with Gasteiger partial charge in [0.2, 0.25) is 11.8 Å². The number of aromatic amines is 1. The van der Waals surface area contributed by atoms with E-state index in [1.54, 1.807) is 19.3 Å². The highest BCUT2D eigenvalue weighted by atomic mass is 16.5. The van der Waals surface area contributed by atoms with Crippen molar-refractivity contribution in [2.24, 2.45) is 0 Å². The fourth-order valence-electron chi connectivity index (χ4n) is 0.933. The van der Waals surface area contributed by atoms with Crippen molar-refractivity contribution in [1.29, 1.82) is 0 Å². The van der Waals surface area contributed by atoms with Crippen LogP contribution in [0.1, 0.15) is 11.7 Å². The fraction of sp³-hybridized carbons (Fsp3) is 0.286. The van der Waals surface area contributed by atoms with Crippen molar-refractivity contribution in [2.75, 3.05) is 5.32 Å². The van der Waals surface area contributed by atoms with Gasteiger partial charge in [0.15, 0.2) is 5.82 Å². The summed E-state index contributed by atoms with van der Waals surface area (Å²) in [6.07, 6.45) is 3.41. The van der Waals surface area contributed by atoms with Crippen molar-refractivity contribution >= 4 is 5.95 Å². The van der Waals surface area contributed by atoms with E-state index in [1.165, 1.54) is 0 Å². The molecule has 2 aromatic rings. The third-order valence-corrected chi connectivity index (χ3v) is 1.47. The molecule has 0 radical (unpaired) electrons. The molecular formula is C7H9N5O. The Labute approximate surface area is 74.4 Å². The van der Waals surface area contributed by atoms with Crippen LogP contribution in [0, 0.1) is 6.92 Å². The highest BCUT2D eigenvalue weighted by Gasteiger charge is 2.01. The van der Waals surface area contributed by atoms with Crippen molar-refractivity contribution in [3.63, 3.8) is 0 Å². The number of hydrogen-bond acceptors (Lipinski definition) is 5. The molecule has 0 spiro atoms. The first-order valence-corrected chi connectivity index (χ1v) is 3.87. The molecule has 2 N–H and O–H groups in total. The number of nitrogens with zero attached hydrogens (tertiary/aromatic N) is 3. The molecule has 0 atom stereocenters. The van der Waals surface area contributed by atoms with Gasteiger partial charge in [-0.25, -0.2) is 4.98 Å². The molecule has 0 bridgehead atoms. The molecule has 2 rings (SSSR count). The summed E-state index contributed by atoms with van der Waals surface area (Å²) in [7, 11) is 0. The van der Waals surface area contributed by atoms with Crippen LogP contribution in [0.5, 0.6) is 0 Å². The van der Waals surface area contributed by atoms with E-state index < -0.39 is 0 Å². The van der Waals surface area contributed by atoms with Gasteiger partial charge in [-0.2, -0.15) is 4.98 Å². The lowest BCUT2D eigenvalue weighted by Gasteiger charge is -1.95. The van der Waals surface area contributed by atoms with Gasteiger partial charge in [-0.1, -0.05) is 5.16 Å². The summed E-state index contributed by atoms with van der Waals surface area (Å²) in [5, 5.41) is 6.65. The number of nitrogens with one attached hydrogen (secondary N) is 2. The normalized spacial score (nSPS) is 10.2. The van der Waals surface area contributed by atoms with Gasteiger partial charge in [0.25, 0.3) is 0 Å². The number of H-pyrrole nitrogens is 1. The Kier molecular flexibility index (Phi) is 1.95. The molecule has 6 nitrogen and oxygen atoms in total. The van der Waals surface area contributed by atoms with Gasteiger partial charge < -0.3 is 14.8 Å². The summed E-state index contributed by atoms with van der Waals surface area (Å²) >= 11 is 0. The fourth-order valence-corrected chi connectivity index (χ4v) is 0.933. The van der Waals surface area contributed by atoms with Crippen molar-refractivity contribution in [3.8, 4) is 0 Å². The van der Waals surface area contributed by atoms with Crippen LogP contribution >= 0.6 is 0 Å². The third kappa shape index (κ3) is 1.84. The minimum atomic E-state index is 0.481. The van der Waals surface area contributed by atoms with E-state index in [-0.39, 0.29) is 0 Å². The minimum Gasteiger partial charge on any atom is -0.347 e. The lowest BCUT2D eigenvalue weighted by atomic mass is 10.6. The van der Waals surface area contributed by atoms with Gasteiger partial charge in [0.05, 0.1) is 6.54 Å². The molecular weight excluding hydrogens is 170 g/mol. The van der Waals surface area contributed by atoms with Crippen molar-refractivity contribution in [1.82, 2.24) is 20.1 Å². The van der Waals surface area contributed by atoms with E-state index in [1.807, 2.05) is 0 Å². The monoisotopic (exact) mass is 179 g/mol. The topological polar surface area (TPSA) is 79.6 Å². The van der Waals surface area contributed by atoms with Crippen LogP contribution in [0.4, 0.5) is 5.95 Å². The van der Waals surface area contributed by atoms with Gasteiger partial charge in [0.1, 0.15) is 0 Å². The minimum absolute atomic E-state index is 0.481. The maximum Gasteiger partial charge on any atom is 0.246 e. The van der Waals surface area contributed by atoms with Crippen LogP contribution in [0.15, 0.2) is 16.9 Å². The zero-order valence-corrected chi connectivity index (χ0v) is 7.11. The Morgan fingerprint density at radius 1 is 1.62 bits per heavy atom. The predicted octanol–water partition coefficient (Wildman–Crippen LogP) is 0.713. The molecule has 0 amide bonds. The predicted molar refractivity (Wildman–Crippen MR) is 44.9 cm³/mol. The Bertz CT molecular complexity index is 366. The van der Waals surface area contributed by atoms with E-state index in [0.717, 1.165) is 0 Å². The molecule has 2 heterocycles. The summed E-state index contributed by atoms with van der Waals surface area (Å²) in [6, 6.07) is 0. The van der Waals surface area contributed by atoms with E-state index in [4.69, 9.17) is 4.52 Å². The number of imidazole rings is 1. The van der Waals surface area contributed by atoms with Crippen LogP contribution in [0.3, 0.4) is 0 Å². The average molecular weight is 179 g/mol. The highest BCUT2D eigenvalue weighted by Crippen LogP contribution is 2.00. The Morgan fingerprint density at radius 2 is 2.54 bits per heavy atom. The molecule has 0 saturated carbocycles. The molecule has 6 heteroatoms. The molecule has 0 unspecified atom stereocenters. The quantitative estimate of drug-likeness (QED) is 0.725. The SMILES string of the molecule is Cc1noc(CNc2ncc[nH]2)n1. The first-order chi connectivity index (χ1) is 6.34. The Morgan fingerprint density at radius 3 is 3.15 bits per heavy atom. The molecule has 0 aromatic carbocycles. The van der Waals surface area contributed by atoms with Crippen molar-refractivity contribution < 1.29 is 4.52 Å². The standard InChI is InChI=1S/C7H9N5O/c1-5-11-6(13-12-5)4-10-7-8-2-3-9-7/h2-3H,4H2,1H3,(H2,8,9,10). The maximum atomic E-state index is 4.90. The average Bonchev–Trinajstić information content (AvgIpc) is 2.71. The van der Waals surface area contributed by atoms with Crippen LogP contribution in [-0.2, 0) is 6.54 Å². The van der Waals surface area contributed by atoms with E-state index in [2.05, 4.69) is 25.4 Å². The molecule has 0 aliphatic rings. The number of rotatable bonds is 3. The zero-order chi connectivity index (χ0) is 9.10. The lowest BCUT2D eigenvalue weighted by Crippen LogP contribution is -2.00. The van der Waals surface area contributed by atoms with Crippen molar-refractivity contribution in [2.45, 2.75) is 13.5 Å². The van der Waals surface area contributed by atoms with Crippen LogP contribution in [-0.4, -0.2) is 20.1 Å². The summed E-state index contributed by atoms with van der Waals surface area (Å²) in [6.45, 7) is 2.26. The second kappa shape index (κ2) is 3.26. The van der Waals surface area contributed by atoms with Gasteiger partial charge in [-0.3, -0.25) is 0 Å². The summed E-state index contributed by atoms with van der Waals surface area (Å²) in [5.74, 6) is 1.88. The van der Waals surface area contributed by atoms with Crippen LogP contribution in [0.2, 0.25) is 0 Å². The number of aryl methyl sites for hydroxylation is 1. The van der Waals surface area contributed by atoms with Gasteiger partial charge in [-0.05, 0) is 6.92 Å². The Balaban J connectivity index is 1.93. The number of anilines is 1. The van der Waals surface area contributed by atoms with E-state index in [9.17, 15) is 0 Å². The second-order valence-corrected chi connectivity index (χ2v) is 2.53. The number of aromatic nitrogens is 4. The molecule has 13 heavy (non-hydrogen) atoms. The first-order valence-electron chi connectivity index (χ1n) is 3.87. The Hall–Kier alpha value is -1.85. The number of hydrogen-bond donors (Lipinski definition) is 2. The van der Waals surface area contributed by atoms with Crippen molar-refractivity contribution in [3.05, 3.63) is 24.1 Å². The summed E-state index contributed by atoms with van der Waals surface area (Å²) < 4.78 is 4.90. The second-order valence-electron chi connectivity index (χ2n) is 2.53. The zero-order valence-electron chi connectivity index (χ0n) is 7.11. The molecule has 0 aliphatic heterocycles. The van der Waals surface area contributed by atoms with Crippen LogP contribution in [0.25, 0.3) is 0 Å². The largest absolute Gasteiger partial charge is 0.347 e.